The number of hydrogen-bond acceptors (Lipinski definition) is 3. The first-order valence-corrected chi connectivity index (χ1v) is 9.00. The first-order chi connectivity index (χ1) is 12.2. The molecule has 6 nitrogen and oxygen atoms in total. The van der Waals surface area contributed by atoms with Crippen LogP contribution in [0.3, 0.4) is 0 Å². The molecule has 2 aliphatic heterocycles. The number of carbonyl (C=O) groups excluding carboxylic acids is 1. The normalized spacial score (nSPS) is 22.4. The Labute approximate surface area is 172 Å². The van der Waals surface area contributed by atoms with Crippen LogP contribution >= 0.6 is 24.0 Å². The molecule has 144 valence electrons. The Hall–Kier alpha value is -1.35. The van der Waals surface area contributed by atoms with Gasteiger partial charge in [0.05, 0.1) is 6.61 Å². The molecule has 2 fully saturated rings. The summed E-state index contributed by atoms with van der Waals surface area (Å²) in [5, 5.41) is 6.13. The van der Waals surface area contributed by atoms with Crippen LogP contribution in [0.4, 0.5) is 0 Å². The second-order valence-electron chi connectivity index (χ2n) is 6.98. The van der Waals surface area contributed by atoms with E-state index in [0.29, 0.717) is 11.0 Å². The number of aliphatic imine (C=N–C) groups is 1. The van der Waals surface area contributed by atoms with Crippen LogP contribution in [0.5, 0.6) is 0 Å². The number of nitrogens with one attached hydrogen (secondary N) is 2. The van der Waals surface area contributed by atoms with Crippen LogP contribution in [0, 0.1) is 5.41 Å². The first-order valence-electron chi connectivity index (χ1n) is 9.00. The van der Waals surface area contributed by atoms with Crippen molar-refractivity contribution in [2.75, 3.05) is 46.9 Å². The van der Waals surface area contributed by atoms with Gasteiger partial charge in [0.25, 0.3) is 5.91 Å². The third-order valence-corrected chi connectivity index (χ3v) is 5.25. The number of nitrogens with zero attached hydrogens (tertiary/aromatic N) is 2. The lowest BCUT2D eigenvalue weighted by Gasteiger charge is -2.25. The van der Waals surface area contributed by atoms with E-state index in [-0.39, 0.29) is 29.9 Å². The molecule has 7 heteroatoms. The monoisotopic (exact) mass is 472 g/mol. The fourth-order valence-electron chi connectivity index (χ4n) is 3.75. The molecule has 1 atom stereocenters. The molecule has 1 aromatic carbocycles. The number of benzene rings is 1. The molecule has 26 heavy (non-hydrogen) atoms. The Kier molecular flexibility index (Phi) is 7.69. The summed E-state index contributed by atoms with van der Waals surface area (Å²) in [6.45, 7) is 4.63. The van der Waals surface area contributed by atoms with E-state index in [4.69, 9.17) is 4.74 Å². The highest BCUT2D eigenvalue weighted by atomic mass is 127. The van der Waals surface area contributed by atoms with Crippen LogP contribution in [-0.4, -0.2) is 63.7 Å². The zero-order valence-corrected chi connectivity index (χ0v) is 17.9. The Balaban J connectivity index is 0.00000243. The maximum Gasteiger partial charge on any atom is 0.251 e. The van der Waals surface area contributed by atoms with Crippen LogP contribution < -0.4 is 10.6 Å². The average Bonchev–Trinajstić information content (AvgIpc) is 3.28. The Morgan fingerprint density at radius 2 is 2.23 bits per heavy atom. The van der Waals surface area contributed by atoms with Gasteiger partial charge in [-0.15, -0.1) is 24.0 Å². The maximum absolute atomic E-state index is 11.7. The van der Waals surface area contributed by atoms with E-state index in [1.54, 1.807) is 7.05 Å². The molecule has 0 aliphatic carbocycles. The molecule has 0 radical (unpaired) electrons. The van der Waals surface area contributed by atoms with Crippen LogP contribution in [0.1, 0.15) is 28.8 Å². The van der Waals surface area contributed by atoms with Crippen molar-refractivity contribution >= 4 is 35.8 Å². The third-order valence-electron chi connectivity index (χ3n) is 5.25. The largest absolute Gasteiger partial charge is 0.381 e. The molecule has 1 spiro atoms. The van der Waals surface area contributed by atoms with E-state index in [2.05, 4.69) is 26.6 Å². The lowest BCUT2D eigenvalue weighted by Crippen LogP contribution is -2.42. The minimum atomic E-state index is -0.0493. The molecule has 2 N–H and O–H groups in total. The molecule has 1 aromatic rings. The van der Waals surface area contributed by atoms with Crippen molar-refractivity contribution in [2.45, 2.75) is 19.3 Å². The molecular weight excluding hydrogens is 443 g/mol. The minimum Gasteiger partial charge on any atom is -0.381 e. The van der Waals surface area contributed by atoms with Crippen molar-refractivity contribution in [3.63, 3.8) is 0 Å². The van der Waals surface area contributed by atoms with Crippen LogP contribution in [0.15, 0.2) is 29.3 Å². The lowest BCUT2D eigenvalue weighted by atomic mass is 9.87. The average molecular weight is 472 g/mol. The summed E-state index contributed by atoms with van der Waals surface area (Å²) in [6.07, 6.45) is 3.20. The standard InChI is InChI=1S/C19H28N4O2.HI/c1-20-17(24)16-5-3-4-15(12-16)6-9-22-18(21-2)23-10-7-19(13-23)8-11-25-14-19;/h3-5,12H,6-11,13-14H2,1-2H3,(H,20,24)(H,21,22);1H. The quantitative estimate of drug-likeness (QED) is 0.399. The Morgan fingerprint density at radius 1 is 1.38 bits per heavy atom. The van der Waals surface area contributed by atoms with Crippen molar-refractivity contribution in [3.05, 3.63) is 35.4 Å². The van der Waals surface area contributed by atoms with E-state index in [9.17, 15) is 4.79 Å². The second-order valence-corrected chi connectivity index (χ2v) is 6.98. The van der Waals surface area contributed by atoms with Crippen molar-refractivity contribution in [2.24, 2.45) is 10.4 Å². The van der Waals surface area contributed by atoms with Crippen molar-refractivity contribution in [3.8, 4) is 0 Å². The van der Waals surface area contributed by atoms with Gasteiger partial charge in [-0.1, -0.05) is 12.1 Å². The Morgan fingerprint density at radius 3 is 2.92 bits per heavy atom. The van der Waals surface area contributed by atoms with Gasteiger partial charge in [-0.25, -0.2) is 0 Å². The number of halogens is 1. The molecule has 3 rings (SSSR count). The number of carbonyl (C=O) groups is 1. The van der Waals surface area contributed by atoms with Gasteiger partial charge < -0.3 is 20.3 Å². The molecule has 0 aromatic heterocycles. The molecule has 2 heterocycles. The zero-order valence-electron chi connectivity index (χ0n) is 15.6. The number of amides is 1. The SMILES string of the molecule is CN=C(NCCc1cccc(C(=O)NC)c1)N1CCC2(CCOC2)C1.I. The van der Waals surface area contributed by atoms with Gasteiger partial charge in [0, 0.05) is 51.3 Å². The number of guanidine groups is 1. The van der Waals surface area contributed by atoms with Gasteiger partial charge in [0.2, 0.25) is 0 Å². The molecular formula is C19H29IN4O2. The summed E-state index contributed by atoms with van der Waals surface area (Å²) in [5.41, 5.74) is 2.18. The zero-order chi connectivity index (χ0) is 17.7. The summed E-state index contributed by atoms with van der Waals surface area (Å²) < 4.78 is 5.60. The molecule has 2 saturated heterocycles. The molecule has 0 saturated carbocycles. The predicted octanol–water partition coefficient (Wildman–Crippen LogP) is 1.89. The molecule has 1 amide bonds. The van der Waals surface area contributed by atoms with Gasteiger partial charge >= 0.3 is 0 Å². The van der Waals surface area contributed by atoms with E-state index in [1.807, 2.05) is 25.2 Å². The fourth-order valence-corrected chi connectivity index (χ4v) is 3.75. The summed E-state index contributed by atoms with van der Waals surface area (Å²) in [4.78, 5) is 18.5. The molecule has 1 unspecified atom stereocenters. The number of ether oxygens (including phenoxy) is 1. The highest BCUT2D eigenvalue weighted by Crippen LogP contribution is 2.38. The van der Waals surface area contributed by atoms with Gasteiger partial charge in [0.1, 0.15) is 0 Å². The number of hydrogen-bond donors (Lipinski definition) is 2. The van der Waals surface area contributed by atoms with E-state index in [0.717, 1.165) is 57.2 Å². The van der Waals surface area contributed by atoms with Gasteiger partial charge in [-0.05, 0) is 37.0 Å². The summed E-state index contributed by atoms with van der Waals surface area (Å²) in [5.74, 6) is 0.915. The van der Waals surface area contributed by atoms with E-state index >= 15 is 0 Å². The first kappa shape index (κ1) is 21.0. The highest BCUT2D eigenvalue weighted by Gasteiger charge is 2.42. The summed E-state index contributed by atoms with van der Waals surface area (Å²) >= 11 is 0. The van der Waals surface area contributed by atoms with Gasteiger partial charge in [-0.3, -0.25) is 9.79 Å². The Bertz CT molecular complexity index is 644. The van der Waals surface area contributed by atoms with Crippen LogP contribution in [0.25, 0.3) is 0 Å². The van der Waals surface area contributed by atoms with Crippen LogP contribution in [-0.2, 0) is 11.2 Å². The van der Waals surface area contributed by atoms with E-state index < -0.39 is 0 Å². The molecule has 2 aliphatic rings. The van der Waals surface area contributed by atoms with Crippen LogP contribution in [0.2, 0.25) is 0 Å². The lowest BCUT2D eigenvalue weighted by molar-refractivity contribution is 0.0963. The molecule has 0 bridgehead atoms. The second kappa shape index (κ2) is 9.55. The van der Waals surface area contributed by atoms with Crippen molar-refractivity contribution in [1.29, 1.82) is 0 Å². The predicted molar refractivity (Wildman–Crippen MR) is 114 cm³/mol. The summed E-state index contributed by atoms with van der Waals surface area (Å²) in [7, 11) is 3.49. The number of rotatable bonds is 4. The number of likely N-dealkylation sites (tertiary alicyclic amines) is 1. The third kappa shape index (κ3) is 4.88. The maximum atomic E-state index is 11.7. The topological polar surface area (TPSA) is 66.0 Å². The minimum absolute atomic E-state index is 0. The fraction of sp³-hybridized carbons (Fsp3) is 0.579. The summed E-state index contributed by atoms with van der Waals surface area (Å²) in [6, 6.07) is 7.77. The van der Waals surface area contributed by atoms with E-state index in [1.165, 1.54) is 6.42 Å². The van der Waals surface area contributed by atoms with Gasteiger partial charge in [-0.2, -0.15) is 0 Å². The highest BCUT2D eigenvalue weighted by molar-refractivity contribution is 14.0. The van der Waals surface area contributed by atoms with Crippen molar-refractivity contribution in [1.82, 2.24) is 15.5 Å². The smallest absolute Gasteiger partial charge is 0.251 e. The van der Waals surface area contributed by atoms with Crippen molar-refractivity contribution < 1.29 is 9.53 Å². The van der Waals surface area contributed by atoms with Gasteiger partial charge in [0.15, 0.2) is 5.96 Å².